The molecular formula is C17H27ClN2O5S. The fourth-order valence-corrected chi connectivity index (χ4v) is 3.90. The summed E-state index contributed by atoms with van der Waals surface area (Å²) in [5.74, 6) is 0.768. The molecule has 9 heteroatoms. The van der Waals surface area contributed by atoms with E-state index in [2.05, 4.69) is 5.32 Å². The smallest absolute Gasteiger partial charge is 0.221 e. The fraction of sp³-hybridized carbons (Fsp3) is 0.588. The lowest BCUT2D eigenvalue weighted by atomic mass is 10.0. The summed E-state index contributed by atoms with van der Waals surface area (Å²) < 4.78 is 35.7. The van der Waals surface area contributed by atoms with E-state index in [0.717, 1.165) is 6.42 Å². The Kier molecular flexibility index (Phi) is 8.66. The topological polar surface area (TPSA) is 108 Å². The largest absolute Gasteiger partial charge is 0.486 e. The number of nitrogens with two attached hydrogens (primary N) is 1. The maximum absolute atomic E-state index is 12.5. The summed E-state index contributed by atoms with van der Waals surface area (Å²) in [4.78, 5) is 12.2. The predicted molar refractivity (Wildman–Crippen MR) is 102 cm³/mol. The first-order chi connectivity index (χ1) is 11.8. The molecule has 0 saturated carbocycles. The molecule has 0 aliphatic carbocycles. The van der Waals surface area contributed by atoms with Gasteiger partial charge in [0.05, 0.1) is 10.6 Å². The van der Waals surface area contributed by atoms with E-state index in [0.29, 0.717) is 37.2 Å². The summed E-state index contributed by atoms with van der Waals surface area (Å²) in [5.41, 5.74) is 5.65. The summed E-state index contributed by atoms with van der Waals surface area (Å²) >= 11 is 0. The molecule has 1 aromatic rings. The second kappa shape index (κ2) is 9.99. The number of ether oxygens (including phenoxy) is 2. The molecule has 148 valence electrons. The number of amides is 1. The SMILES string of the molecule is CC(C)CC(CN)NC(=O)CCS(=O)(=O)c1ccc2c(c1)OCCO2.Cl. The van der Waals surface area contributed by atoms with Crippen LogP contribution in [0, 0.1) is 5.92 Å². The zero-order valence-corrected chi connectivity index (χ0v) is 16.7. The van der Waals surface area contributed by atoms with E-state index >= 15 is 0 Å². The number of hydrogen-bond acceptors (Lipinski definition) is 6. The van der Waals surface area contributed by atoms with Crippen LogP contribution in [0.2, 0.25) is 0 Å². The van der Waals surface area contributed by atoms with E-state index in [1.54, 1.807) is 6.07 Å². The zero-order valence-electron chi connectivity index (χ0n) is 15.1. The number of fused-ring (bicyclic) bond motifs is 1. The Morgan fingerprint density at radius 2 is 1.88 bits per heavy atom. The van der Waals surface area contributed by atoms with Crippen molar-refractivity contribution in [2.24, 2.45) is 11.7 Å². The third-order valence-corrected chi connectivity index (χ3v) is 5.59. The number of carbonyl (C=O) groups is 1. The minimum atomic E-state index is -3.58. The highest BCUT2D eigenvalue weighted by Gasteiger charge is 2.21. The quantitative estimate of drug-likeness (QED) is 0.677. The maximum atomic E-state index is 12.5. The fourth-order valence-electron chi connectivity index (χ4n) is 2.64. The normalized spacial score (nSPS) is 14.5. The molecule has 1 atom stereocenters. The highest BCUT2D eigenvalue weighted by molar-refractivity contribution is 7.91. The van der Waals surface area contributed by atoms with E-state index in [1.165, 1.54) is 12.1 Å². The Hall–Kier alpha value is -1.51. The Balaban J connectivity index is 0.00000338. The third kappa shape index (κ3) is 6.34. The molecule has 1 aliphatic heterocycles. The van der Waals surface area contributed by atoms with Gasteiger partial charge in [-0.05, 0) is 24.5 Å². The van der Waals surface area contributed by atoms with E-state index < -0.39 is 9.84 Å². The number of rotatable bonds is 8. The standard InChI is InChI=1S/C17H26N2O5S.ClH/c1-12(2)9-13(11-18)19-17(20)5-8-25(21,22)14-3-4-15-16(10-14)24-7-6-23-15;/h3-4,10,12-13H,5-9,11,18H2,1-2H3,(H,19,20);1H. The second-order valence-corrected chi connectivity index (χ2v) is 8.61. The van der Waals surface area contributed by atoms with Crippen LogP contribution in [-0.2, 0) is 14.6 Å². The predicted octanol–water partition coefficient (Wildman–Crippen LogP) is 1.53. The van der Waals surface area contributed by atoms with Crippen molar-refractivity contribution < 1.29 is 22.7 Å². The lowest BCUT2D eigenvalue weighted by Crippen LogP contribution is -2.41. The van der Waals surface area contributed by atoms with Crippen molar-refractivity contribution in [2.45, 2.75) is 37.6 Å². The van der Waals surface area contributed by atoms with Crippen LogP contribution in [0.1, 0.15) is 26.7 Å². The molecule has 0 saturated heterocycles. The molecule has 0 radical (unpaired) electrons. The summed E-state index contributed by atoms with van der Waals surface area (Å²) in [6.07, 6.45) is 0.655. The lowest BCUT2D eigenvalue weighted by Gasteiger charge is -2.19. The van der Waals surface area contributed by atoms with Gasteiger partial charge in [-0.3, -0.25) is 4.79 Å². The molecule has 0 spiro atoms. The van der Waals surface area contributed by atoms with E-state index in [4.69, 9.17) is 15.2 Å². The summed E-state index contributed by atoms with van der Waals surface area (Å²) in [6, 6.07) is 4.37. The van der Waals surface area contributed by atoms with Crippen molar-refractivity contribution >= 4 is 28.2 Å². The van der Waals surface area contributed by atoms with Crippen LogP contribution in [0.5, 0.6) is 11.5 Å². The van der Waals surface area contributed by atoms with Gasteiger partial charge in [-0.15, -0.1) is 12.4 Å². The molecule has 3 N–H and O–H groups in total. The molecule has 2 rings (SSSR count). The third-order valence-electron chi connectivity index (χ3n) is 3.88. The van der Waals surface area contributed by atoms with Gasteiger partial charge in [0, 0.05) is 25.1 Å². The zero-order chi connectivity index (χ0) is 18.4. The molecule has 0 fully saturated rings. The average molecular weight is 407 g/mol. The van der Waals surface area contributed by atoms with Crippen LogP contribution in [0.3, 0.4) is 0 Å². The Morgan fingerprint density at radius 1 is 1.23 bits per heavy atom. The van der Waals surface area contributed by atoms with E-state index in [9.17, 15) is 13.2 Å². The van der Waals surface area contributed by atoms with Crippen molar-refractivity contribution in [1.29, 1.82) is 0 Å². The first kappa shape index (κ1) is 22.5. The molecule has 1 amide bonds. The van der Waals surface area contributed by atoms with Gasteiger partial charge in [-0.25, -0.2) is 8.42 Å². The van der Waals surface area contributed by atoms with Gasteiger partial charge >= 0.3 is 0 Å². The first-order valence-electron chi connectivity index (χ1n) is 8.43. The van der Waals surface area contributed by atoms with Crippen molar-refractivity contribution in [3.05, 3.63) is 18.2 Å². The van der Waals surface area contributed by atoms with Crippen LogP contribution in [0.4, 0.5) is 0 Å². The Labute approximate surface area is 160 Å². The molecule has 1 heterocycles. The van der Waals surface area contributed by atoms with Gasteiger partial charge in [0.25, 0.3) is 0 Å². The van der Waals surface area contributed by atoms with Crippen molar-refractivity contribution in [3.8, 4) is 11.5 Å². The molecule has 1 unspecified atom stereocenters. The minimum Gasteiger partial charge on any atom is -0.486 e. The average Bonchev–Trinajstić information content (AvgIpc) is 2.58. The van der Waals surface area contributed by atoms with Crippen molar-refractivity contribution in [2.75, 3.05) is 25.5 Å². The summed E-state index contributed by atoms with van der Waals surface area (Å²) in [7, 11) is -3.58. The number of benzene rings is 1. The van der Waals surface area contributed by atoms with Gasteiger partial charge in [-0.1, -0.05) is 13.8 Å². The van der Waals surface area contributed by atoms with Gasteiger partial charge in [0.2, 0.25) is 5.91 Å². The maximum Gasteiger partial charge on any atom is 0.221 e. The van der Waals surface area contributed by atoms with Gasteiger partial charge in [0.1, 0.15) is 13.2 Å². The Bertz CT molecular complexity index is 709. The molecule has 1 aromatic carbocycles. The van der Waals surface area contributed by atoms with Gasteiger partial charge < -0.3 is 20.5 Å². The Morgan fingerprint density at radius 3 is 2.50 bits per heavy atom. The number of hydrogen-bond donors (Lipinski definition) is 2. The summed E-state index contributed by atoms with van der Waals surface area (Å²) in [6.45, 7) is 5.24. The van der Waals surface area contributed by atoms with Crippen LogP contribution in [-0.4, -0.2) is 45.9 Å². The van der Waals surface area contributed by atoms with Crippen LogP contribution >= 0.6 is 12.4 Å². The molecule has 0 aromatic heterocycles. The van der Waals surface area contributed by atoms with Crippen LogP contribution < -0.4 is 20.5 Å². The van der Waals surface area contributed by atoms with E-state index in [1.807, 2.05) is 13.8 Å². The molecule has 7 nitrogen and oxygen atoms in total. The van der Waals surface area contributed by atoms with Crippen LogP contribution in [0.25, 0.3) is 0 Å². The van der Waals surface area contributed by atoms with Crippen molar-refractivity contribution in [3.63, 3.8) is 0 Å². The molecule has 26 heavy (non-hydrogen) atoms. The number of halogens is 1. The number of sulfone groups is 1. The van der Waals surface area contributed by atoms with Gasteiger partial charge in [-0.2, -0.15) is 0 Å². The van der Waals surface area contributed by atoms with Crippen LogP contribution in [0.15, 0.2) is 23.1 Å². The van der Waals surface area contributed by atoms with Crippen molar-refractivity contribution in [1.82, 2.24) is 5.32 Å². The van der Waals surface area contributed by atoms with Gasteiger partial charge in [0.15, 0.2) is 21.3 Å². The monoisotopic (exact) mass is 406 g/mol. The molecular weight excluding hydrogens is 380 g/mol. The highest BCUT2D eigenvalue weighted by Crippen LogP contribution is 2.32. The molecule has 0 bridgehead atoms. The molecule has 1 aliphatic rings. The summed E-state index contributed by atoms with van der Waals surface area (Å²) in [5, 5.41) is 2.80. The first-order valence-corrected chi connectivity index (χ1v) is 10.1. The highest BCUT2D eigenvalue weighted by atomic mass is 35.5. The second-order valence-electron chi connectivity index (χ2n) is 6.50. The number of nitrogens with one attached hydrogen (secondary N) is 1. The number of carbonyl (C=O) groups excluding carboxylic acids is 1. The van der Waals surface area contributed by atoms with E-state index in [-0.39, 0.29) is 41.4 Å². The lowest BCUT2D eigenvalue weighted by molar-refractivity contribution is -0.121. The minimum absolute atomic E-state index is 0.